The van der Waals surface area contributed by atoms with E-state index >= 15 is 0 Å². The molecule has 0 saturated carbocycles. The van der Waals surface area contributed by atoms with Gasteiger partial charge in [0.1, 0.15) is 5.82 Å². The minimum absolute atomic E-state index is 0.0845. The Kier molecular flexibility index (Phi) is 4.07. The summed E-state index contributed by atoms with van der Waals surface area (Å²) in [6.07, 6.45) is 3.43. The van der Waals surface area contributed by atoms with Gasteiger partial charge in [0.05, 0.1) is 12.7 Å². The van der Waals surface area contributed by atoms with Gasteiger partial charge in [-0.25, -0.2) is 9.18 Å². The average molecular weight is 260 g/mol. The van der Waals surface area contributed by atoms with Crippen molar-refractivity contribution in [2.24, 2.45) is 0 Å². The number of halogens is 1. The second kappa shape index (κ2) is 5.95. The van der Waals surface area contributed by atoms with Gasteiger partial charge < -0.3 is 10.1 Å². The highest BCUT2D eigenvalue weighted by Crippen LogP contribution is 2.16. The SMILES string of the molecule is COC(=O)c1cc(NCc2cccnc2)ccc1F. The van der Waals surface area contributed by atoms with E-state index in [9.17, 15) is 9.18 Å². The Morgan fingerprint density at radius 2 is 2.26 bits per heavy atom. The van der Waals surface area contributed by atoms with Gasteiger partial charge in [-0.05, 0) is 29.8 Å². The zero-order valence-corrected chi connectivity index (χ0v) is 10.4. The number of nitrogens with zero attached hydrogens (tertiary/aromatic N) is 1. The Morgan fingerprint density at radius 3 is 2.95 bits per heavy atom. The fourth-order valence-corrected chi connectivity index (χ4v) is 1.61. The molecule has 0 aliphatic carbocycles. The summed E-state index contributed by atoms with van der Waals surface area (Å²) in [5, 5.41) is 3.09. The van der Waals surface area contributed by atoms with Crippen LogP contribution in [0.4, 0.5) is 10.1 Å². The van der Waals surface area contributed by atoms with Crippen LogP contribution in [0.25, 0.3) is 0 Å². The van der Waals surface area contributed by atoms with Crippen molar-refractivity contribution in [3.8, 4) is 0 Å². The summed E-state index contributed by atoms with van der Waals surface area (Å²) in [6, 6.07) is 7.99. The van der Waals surface area contributed by atoms with Crippen molar-refractivity contribution in [3.05, 3.63) is 59.7 Å². The Balaban J connectivity index is 2.11. The van der Waals surface area contributed by atoms with Crippen molar-refractivity contribution < 1.29 is 13.9 Å². The molecule has 4 nitrogen and oxygen atoms in total. The summed E-state index contributed by atoms with van der Waals surface area (Å²) < 4.78 is 17.9. The monoisotopic (exact) mass is 260 g/mol. The van der Waals surface area contributed by atoms with Crippen LogP contribution in [0, 0.1) is 5.82 Å². The molecule has 0 amide bonds. The maximum Gasteiger partial charge on any atom is 0.340 e. The summed E-state index contributed by atoms with van der Waals surface area (Å²) in [6.45, 7) is 0.542. The van der Waals surface area contributed by atoms with Gasteiger partial charge >= 0.3 is 5.97 Å². The van der Waals surface area contributed by atoms with Gasteiger partial charge in [0, 0.05) is 24.6 Å². The maximum atomic E-state index is 13.4. The number of carbonyl (C=O) groups is 1. The topological polar surface area (TPSA) is 51.2 Å². The maximum absolute atomic E-state index is 13.4. The molecule has 0 aliphatic heterocycles. The number of esters is 1. The highest BCUT2D eigenvalue weighted by molar-refractivity contribution is 5.90. The van der Waals surface area contributed by atoms with Gasteiger partial charge in [0.15, 0.2) is 0 Å². The third-order valence-electron chi connectivity index (χ3n) is 2.59. The standard InChI is InChI=1S/C14H13FN2O2/c1-19-14(18)12-7-11(4-5-13(12)15)17-9-10-3-2-6-16-8-10/h2-8,17H,9H2,1H3. The van der Waals surface area contributed by atoms with Gasteiger partial charge in [0.2, 0.25) is 0 Å². The van der Waals surface area contributed by atoms with Crippen molar-refractivity contribution in [2.75, 3.05) is 12.4 Å². The normalized spacial score (nSPS) is 10.0. The van der Waals surface area contributed by atoms with Crippen LogP contribution >= 0.6 is 0 Å². The lowest BCUT2D eigenvalue weighted by Crippen LogP contribution is -2.06. The van der Waals surface area contributed by atoms with Crippen LogP contribution in [0.3, 0.4) is 0 Å². The average Bonchev–Trinajstić information content (AvgIpc) is 2.46. The van der Waals surface area contributed by atoms with Gasteiger partial charge in [-0.2, -0.15) is 0 Å². The highest BCUT2D eigenvalue weighted by atomic mass is 19.1. The van der Waals surface area contributed by atoms with E-state index in [4.69, 9.17) is 0 Å². The smallest absolute Gasteiger partial charge is 0.340 e. The number of methoxy groups -OCH3 is 1. The summed E-state index contributed by atoms with van der Waals surface area (Å²) >= 11 is 0. The largest absolute Gasteiger partial charge is 0.465 e. The summed E-state index contributed by atoms with van der Waals surface area (Å²) in [5.41, 5.74) is 1.55. The fraction of sp³-hybridized carbons (Fsp3) is 0.143. The second-order valence-corrected chi connectivity index (χ2v) is 3.90. The molecule has 0 atom stereocenters. The Bertz CT molecular complexity index is 573. The van der Waals surface area contributed by atoms with Crippen LogP contribution < -0.4 is 5.32 Å². The quantitative estimate of drug-likeness (QED) is 0.858. The molecule has 0 saturated heterocycles. The molecule has 1 aromatic heterocycles. The number of carbonyl (C=O) groups excluding carboxylic acids is 1. The van der Waals surface area contributed by atoms with Crippen molar-refractivity contribution in [3.63, 3.8) is 0 Å². The number of anilines is 1. The molecule has 1 N–H and O–H groups in total. The van der Waals surface area contributed by atoms with Crippen LogP contribution in [0.1, 0.15) is 15.9 Å². The minimum Gasteiger partial charge on any atom is -0.465 e. The first-order chi connectivity index (χ1) is 9.20. The highest BCUT2D eigenvalue weighted by Gasteiger charge is 2.12. The Labute approximate surface area is 110 Å². The van der Waals surface area contributed by atoms with Crippen molar-refractivity contribution in [1.82, 2.24) is 4.98 Å². The lowest BCUT2D eigenvalue weighted by Gasteiger charge is -2.08. The Hall–Kier alpha value is -2.43. The summed E-state index contributed by atoms with van der Waals surface area (Å²) in [4.78, 5) is 15.4. The molecule has 5 heteroatoms. The van der Waals surface area contributed by atoms with E-state index < -0.39 is 11.8 Å². The second-order valence-electron chi connectivity index (χ2n) is 3.90. The van der Waals surface area contributed by atoms with Crippen LogP contribution in [-0.4, -0.2) is 18.1 Å². The van der Waals surface area contributed by atoms with Crippen molar-refractivity contribution in [1.29, 1.82) is 0 Å². The molecule has 0 radical (unpaired) electrons. The zero-order chi connectivity index (χ0) is 13.7. The van der Waals surface area contributed by atoms with E-state index in [-0.39, 0.29) is 5.56 Å². The van der Waals surface area contributed by atoms with E-state index in [2.05, 4.69) is 15.0 Å². The zero-order valence-electron chi connectivity index (χ0n) is 10.4. The third-order valence-corrected chi connectivity index (χ3v) is 2.59. The first-order valence-electron chi connectivity index (χ1n) is 5.71. The number of ether oxygens (including phenoxy) is 1. The predicted octanol–water partition coefficient (Wildman–Crippen LogP) is 2.62. The molecule has 0 aliphatic rings. The Morgan fingerprint density at radius 1 is 1.42 bits per heavy atom. The number of hydrogen-bond acceptors (Lipinski definition) is 4. The molecule has 19 heavy (non-hydrogen) atoms. The van der Waals surface area contributed by atoms with E-state index in [1.165, 1.54) is 19.2 Å². The fourth-order valence-electron chi connectivity index (χ4n) is 1.61. The van der Waals surface area contributed by atoms with Gasteiger partial charge in [-0.3, -0.25) is 4.98 Å². The molecule has 0 fully saturated rings. The molecule has 2 rings (SSSR count). The van der Waals surface area contributed by atoms with Gasteiger partial charge in [0.25, 0.3) is 0 Å². The molecule has 0 unspecified atom stereocenters. The number of pyridine rings is 1. The van der Waals surface area contributed by atoms with Gasteiger partial charge in [-0.15, -0.1) is 0 Å². The lowest BCUT2D eigenvalue weighted by atomic mass is 10.2. The van der Waals surface area contributed by atoms with Crippen LogP contribution in [0.15, 0.2) is 42.7 Å². The molecule has 2 aromatic rings. The van der Waals surface area contributed by atoms with E-state index in [1.807, 2.05) is 12.1 Å². The summed E-state index contributed by atoms with van der Waals surface area (Å²) in [5.74, 6) is -1.29. The van der Waals surface area contributed by atoms with Crippen LogP contribution in [-0.2, 0) is 11.3 Å². The predicted molar refractivity (Wildman–Crippen MR) is 69.3 cm³/mol. The molecule has 0 bridgehead atoms. The van der Waals surface area contributed by atoms with E-state index in [1.54, 1.807) is 18.5 Å². The molecule has 1 heterocycles. The third kappa shape index (κ3) is 3.28. The van der Waals surface area contributed by atoms with E-state index in [0.29, 0.717) is 12.2 Å². The number of aromatic nitrogens is 1. The molecule has 0 spiro atoms. The summed E-state index contributed by atoms with van der Waals surface area (Å²) in [7, 11) is 1.22. The number of rotatable bonds is 4. The number of benzene rings is 1. The first kappa shape index (κ1) is 13.0. The molecular formula is C14H13FN2O2. The van der Waals surface area contributed by atoms with Crippen LogP contribution in [0.5, 0.6) is 0 Å². The molecule has 1 aromatic carbocycles. The van der Waals surface area contributed by atoms with Crippen molar-refractivity contribution in [2.45, 2.75) is 6.54 Å². The molecular weight excluding hydrogens is 247 g/mol. The lowest BCUT2D eigenvalue weighted by molar-refractivity contribution is 0.0595. The van der Waals surface area contributed by atoms with Crippen LogP contribution in [0.2, 0.25) is 0 Å². The first-order valence-corrected chi connectivity index (χ1v) is 5.71. The molecule has 98 valence electrons. The number of nitrogens with one attached hydrogen (secondary N) is 1. The van der Waals surface area contributed by atoms with E-state index in [0.717, 1.165) is 5.56 Å². The number of hydrogen-bond donors (Lipinski definition) is 1. The minimum atomic E-state index is -0.692. The van der Waals surface area contributed by atoms with Gasteiger partial charge in [-0.1, -0.05) is 6.07 Å². The van der Waals surface area contributed by atoms with Crippen molar-refractivity contribution >= 4 is 11.7 Å².